The Bertz CT molecular complexity index is 314. The van der Waals surface area contributed by atoms with Gasteiger partial charge >= 0.3 is 0 Å². The Morgan fingerprint density at radius 1 is 1.47 bits per heavy atom. The third-order valence-corrected chi connectivity index (χ3v) is 3.96. The molecule has 0 aliphatic heterocycles. The smallest absolute Gasteiger partial charge is 0.279 e. The Morgan fingerprint density at radius 3 is 2.27 bits per heavy atom. The largest absolute Gasteiger partial charge is 0.392 e. The second-order valence-corrected chi connectivity index (χ2v) is 6.13. The van der Waals surface area contributed by atoms with E-state index in [1.165, 1.54) is 7.05 Å². The van der Waals surface area contributed by atoms with Crippen LogP contribution in [0.5, 0.6) is 0 Å². The van der Waals surface area contributed by atoms with Gasteiger partial charge in [0.1, 0.15) is 0 Å². The summed E-state index contributed by atoms with van der Waals surface area (Å²) in [6.45, 7) is 5.91. The fraction of sp³-hybridized carbons (Fsp3) is 0.875. The third-order valence-electron chi connectivity index (χ3n) is 2.01. The number of likely N-dealkylation sites (N-methyl/N-ethyl adjacent to an activating group) is 1. The van der Waals surface area contributed by atoms with Crippen molar-refractivity contribution in [3.63, 3.8) is 0 Å². The van der Waals surface area contributed by atoms with Crippen LogP contribution in [0.1, 0.15) is 20.8 Å². The Kier molecular flexibility index (Phi) is 5.65. The van der Waals surface area contributed by atoms with Crippen LogP contribution in [0.2, 0.25) is 0 Å². The minimum absolute atomic E-state index is 0.160. The maximum absolute atomic E-state index is 11.7. The number of hydrogen-bond donors (Lipinski definition) is 2. The quantitative estimate of drug-likeness (QED) is 0.658. The summed E-state index contributed by atoms with van der Waals surface area (Å²) < 4.78 is 27.0. The molecular weight excluding hydrogens is 234 g/mol. The van der Waals surface area contributed by atoms with E-state index < -0.39 is 16.3 Å². The van der Waals surface area contributed by atoms with Crippen molar-refractivity contribution in [1.29, 1.82) is 0 Å². The highest BCUT2D eigenvalue weighted by Crippen LogP contribution is 2.03. The second kappa shape index (κ2) is 5.74. The maximum Gasteiger partial charge on any atom is 0.279 e. The summed E-state index contributed by atoms with van der Waals surface area (Å²) in [4.78, 5) is 0.160. The van der Waals surface area contributed by atoms with Crippen molar-refractivity contribution in [3.05, 3.63) is 0 Å². The van der Waals surface area contributed by atoms with Crippen LogP contribution in [0.25, 0.3) is 0 Å². The van der Waals surface area contributed by atoms with Gasteiger partial charge in [0.05, 0.1) is 11.0 Å². The van der Waals surface area contributed by atoms with Crippen LogP contribution < -0.4 is 10.5 Å². The molecule has 90 valence electrons. The molecule has 1 unspecified atom stereocenters. The number of nitrogens with one attached hydrogen (secondary N) is 1. The van der Waals surface area contributed by atoms with E-state index in [9.17, 15) is 8.42 Å². The van der Waals surface area contributed by atoms with Crippen LogP contribution in [0.4, 0.5) is 0 Å². The Balaban J connectivity index is 4.52. The molecule has 0 aliphatic rings. The van der Waals surface area contributed by atoms with Gasteiger partial charge < -0.3 is 5.73 Å². The molecular formula is C8H19N3O2S2. The Labute approximate surface area is 97.2 Å². The minimum atomic E-state index is -3.48. The highest BCUT2D eigenvalue weighted by atomic mass is 32.2. The van der Waals surface area contributed by atoms with Gasteiger partial charge in [-0.25, -0.2) is 4.72 Å². The summed E-state index contributed by atoms with van der Waals surface area (Å²) in [5, 5.41) is 0. The summed E-state index contributed by atoms with van der Waals surface area (Å²) in [6, 6.07) is -0.482. The van der Waals surface area contributed by atoms with Crippen molar-refractivity contribution in [2.45, 2.75) is 26.8 Å². The molecule has 15 heavy (non-hydrogen) atoms. The molecule has 5 nitrogen and oxygen atoms in total. The summed E-state index contributed by atoms with van der Waals surface area (Å²) in [7, 11) is -2.03. The standard InChI is InChI=1S/C8H19N3O2S2/c1-6(2)5-10-15(12,13)11(4)7(3)8(9)14/h6-7,10H,5H2,1-4H3,(H2,9,14). The number of nitrogens with two attached hydrogens (primary N) is 1. The molecule has 0 saturated carbocycles. The van der Waals surface area contributed by atoms with E-state index in [1.807, 2.05) is 13.8 Å². The van der Waals surface area contributed by atoms with Crippen molar-refractivity contribution >= 4 is 27.4 Å². The van der Waals surface area contributed by atoms with Crippen LogP contribution in [0, 0.1) is 5.92 Å². The van der Waals surface area contributed by atoms with Gasteiger partial charge in [-0.15, -0.1) is 0 Å². The first-order valence-electron chi connectivity index (χ1n) is 4.70. The minimum Gasteiger partial charge on any atom is -0.392 e. The molecule has 0 aromatic heterocycles. The van der Waals surface area contributed by atoms with Crippen LogP contribution in [0.15, 0.2) is 0 Å². The monoisotopic (exact) mass is 253 g/mol. The van der Waals surface area contributed by atoms with Gasteiger partial charge in [-0.3, -0.25) is 0 Å². The lowest BCUT2D eigenvalue weighted by Crippen LogP contribution is -2.48. The van der Waals surface area contributed by atoms with Crippen molar-refractivity contribution in [2.75, 3.05) is 13.6 Å². The SMILES string of the molecule is CC(C)CNS(=O)(=O)N(C)C(C)C(N)=S. The normalized spacial score (nSPS) is 14.5. The van der Waals surface area contributed by atoms with Gasteiger partial charge in [0.15, 0.2) is 0 Å². The number of rotatable bonds is 6. The summed E-state index contributed by atoms with van der Waals surface area (Å²) in [5.74, 6) is 0.258. The van der Waals surface area contributed by atoms with Gasteiger partial charge in [0.2, 0.25) is 0 Å². The number of thiocarbonyl (C=S) groups is 1. The van der Waals surface area contributed by atoms with Crippen LogP contribution in [-0.4, -0.2) is 37.3 Å². The van der Waals surface area contributed by atoms with E-state index >= 15 is 0 Å². The van der Waals surface area contributed by atoms with Gasteiger partial charge in [0.25, 0.3) is 10.2 Å². The Hall–Kier alpha value is -0.240. The molecule has 0 rings (SSSR count). The highest BCUT2D eigenvalue weighted by Gasteiger charge is 2.24. The van der Waals surface area contributed by atoms with Crippen molar-refractivity contribution in [3.8, 4) is 0 Å². The molecule has 0 aromatic rings. The fourth-order valence-corrected chi connectivity index (χ4v) is 2.26. The van der Waals surface area contributed by atoms with Crippen LogP contribution in [0.3, 0.4) is 0 Å². The van der Waals surface area contributed by atoms with E-state index in [2.05, 4.69) is 4.72 Å². The topological polar surface area (TPSA) is 75.4 Å². The van der Waals surface area contributed by atoms with Crippen LogP contribution >= 0.6 is 12.2 Å². The van der Waals surface area contributed by atoms with E-state index in [0.29, 0.717) is 6.54 Å². The number of nitrogens with zero attached hydrogens (tertiary/aromatic N) is 1. The second-order valence-electron chi connectivity index (χ2n) is 3.84. The zero-order valence-corrected chi connectivity index (χ0v) is 11.2. The summed E-state index contributed by atoms with van der Waals surface area (Å²) >= 11 is 4.74. The van der Waals surface area contributed by atoms with E-state index in [0.717, 1.165) is 4.31 Å². The maximum atomic E-state index is 11.7. The van der Waals surface area contributed by atoms with Gasteiger partial charge in [-0.2, -0.15) is 12.7 Å². The average molecular weight is 253 g/mol. The van der Waals surface area contributed by atoms with E-state index in [-0.39, 0.29) is 10.9 Å². The van der Waals surface area contributed by atoms with Gasteiger partial charge in [0, 0.05) is 13.6 Å². The molecule has 0 saturated heterocycles. The van der Waals surface area contributed by atoms with Crippen LogP contribution in [-0.2, 0) is 10.2 Å². The molecule has 7 heteroatoms. The number of hydrogen-bond acceptors (Lipinski definition) is 3. The van der Waals surface area contributed by atoms with Crippen molar-refractivity contribution < 1.29 is 8.42 Å². The molecule has 3 N–H and O–H groups in total. The highest BCUT2D eigenvalue weighted by molar-refractivity contribution is 7.87. The average Bonchev–Trinajstić information content (AvgIpc) is 2.12. The van der Waals surface area contributed by atoms with Crippen molar-refractivity contribution in [1.82, 2.24) is 9.03 Å². The predicted molar refractivity (Wildman–Crippen MR) is 65.8 cm³/mol. The van der Waals surface area contributed by atoms with Gasteiger partial charge in [-0.05, 0) is 12.8 Å². The van der Waals surface area contributed by atoms with Crippen molar-refractivity contribution in [2.24, 2.45) is 11.7 Å². The molecule has 0 aromatic carbocycles. The molecule has 1 atom stereocenters. The summed E-state index contributed by atoms with van der Waals surface area (Å²) in [6.07, 6.45) is 0. The fourth-order valence-electron chi connectivity index (χ4n) is 0.761. The lowest BCUT2D eigenvalue weighted by atomic mass is 10.2. The first-order valence-corrected chi connectivity index (χ1v) is 6.55. The molecule has 0 aliphatic carbocycles. The lowest BCUT2D eigenvalue weighted by molar-refractivity contribution is 0.436. The molecule has 0 fully saturated rings. The first-order chi connectivity index (χ1) is 6.68. The Morgan fingerprint density at radius 2 is 1.93 bits per heavy atom. The zero-order chi connectivity index (χ0) is 12.2. The van der Waals surface area contributed by atoms with Gasteiger partial charge in [-0.1, -0.05) is 26.1 Å². The van der Waals surface area contributed by atoms with E-state index in [1.54, 1.807) is 6.92 Å². The predicted octanol–water partition coefficient (Wildman–Crippen LogP) is 0.0832. The van der Waals surface area contributed by atoms with E-state index in [4.69, 9.17) is 18.0 Å². The molecule has 0 radical (unpaired) electrons. The molecule has 0 amide bonds. The first kappa shape index (κ1) is 14.8. The lowest BCUT2D eigenvalue weighted by Gasteiger charge is -2.23. The third kappa shape index (κ3) is 4.87. The zero-order valence-electron chi connectivity index (χ0n) is 9.52. The molecule has 0 spiro atoms. The summed E-state index contributed by atoms with van der Waals surface area (Å²) in [5.41, 5.74) is 5.39. The molecule has 0 heterocycles. The molecule has 0 bridgehead atoms.